The predicted molar refractivity (Wildman–Crippen MR) is 76.8 cm³/mol. The molecule has 1 rings (SSSR count). The number of nitrogens with zero attached hydrogens (tertiary/aromatic N) is 1. The van der Waals surface area contributed by atoms with Gasteiger partial charge in [0.25, 0.3) is 0 Å². The molecule has 19 heavy (non-hydrogen) atoms. The third-order valence-corrected chi connectivity index (χ3v) is 3.59. The van der Waals surface area contributed by atoms with Gasteiger partial charge in [0.1, 0.15) is 11.6 Å². The molecule has 2 amide bonds. The summed E-state index contributed by atoms with van der Waals surface area (Å²) in [5.74, 6) is -0.190. The van der Waals surface area contributed by atoms with E-state index in [9.17, 15) is 9.59 Å². The molecule has 0 aliphatic carbocycles. The molecule has 0 aromatic rings. The van der Waals surface area contributed by atoms with Gasteiger partial charge >= 0.3 is 0 Å². The van der Waals surface area contributed by atoms with E-state index in [4.69, 9.17) is 11.6 Å². The Morgan fingerprint density at radius 3 is 2.37 bits per heavy atom. The predicted octanol–water partition coefficient (Wildman–Crippen LogP) is 2.28. The Kier molecular flexibility index (Phi) is 4.35. The molecule has 108 valence electrons. The molecule has 5 heteroatoms. The number of hydrogen-bond donors (Lipinski definition) is 1. The van der Waals surface area contributed by atoms with Gasteiger partial charge in [-0.15, -0.1) is 0 Å². The number of rotatable bonds is 2. The van der Waals surface area contributed by atoms with Crippen molar-refractivity contribution in [1.82, 2.24) is 10.2 Å². The lowest BCUT2D eigenvalue weighted by atomic mass is 9.81. The van der Waals surface area contributed by atoms with Crippen molar-refractivity contribution < 1.29 is 9.59 Å². The van der Waals surface area contributed by atoms with Crippen LogP contribution in [0.4, 0.5) is 0 Å². The smallest absolute Gasteiger partial charge is 0.248 e. The number of nitrogens with one attached hydrogen (secondary N) is 1. The normalized spacial score (nSPS) is 24.5. The SMILES string of the molecule is CC(=CCl)CN1C(=O)C(C)(C)NC(=O)C1C(C)(C)C. The van der Waals surface area contributed by atoms with Crippen LogP contribution < -0.4 is 5.32 Å². The molecule has 0 saturated carbocycles. The fourth-order valence-electron chi connectivity index (χ4n) is 2.37. The van der Waals surface area contributed by atoms with Crippen LogP contribution in [0.25, 0.3) is 0 Å². The van der Waals surface area contributed by atoms with Gasteiger partial charge in [-0.25, -0.2) is 0 Å². The van der Waals surface area contributed by atoms with Crippen molar-refractivity contribution in [2.75, 3.05) is 6.54 Å². The van der Waals surface area contributed by atoms with Crippen molar-refractivity contribution in [3.8, 4) is 0 Å². The molecule has 1 N–H and O–H groups in total. The van der Waals surface area contributed by atoms with Crippen molar-refractivity contribution >= 4 is 23.4 Å². The lowest BCUT2D eigenvalue weighted by Gasteiger charge is -2.47. The third kappa shape index (κ3) is 3.30. The van der Waals surface area contributed by atoms with Crippen LogP contribution >= 0.6 is 11.6 Å². The standard InChI is InChI=1S/C14H23ClN2O2/c1-9(7-15)8-17-10(13(2,3)4)11(18)16-14(5,6)12(17)19/h7,10H,8H2,1-6H3,(H,16,18). The lowest BCUT2D eigenvalue weighted by molar-refractivity contribution is -0.157. The number of halogens is 1. The van der Waals surface area contributed by atoms with Gasteiger partial charge in [0, 0.05) is 12.1 Å². The lowest BCUT2D eigenvalue weighted by Crippen LogP contribution is -2.70. The molecule has 4 nitrogen and oxygen atoms in total. The van der Waals surface area contributed by atoms with Gasteiger partial charge in [-0.05, 0) is 31.8 Å². The average Bonchev–Trinajstić information content (AvgIpc) is 2.22. The molecule has 0 radical (unpaired) electrons. The summed E-state index contributed by atoms with van der Waals surface area (Å²) in [6.45, 7) is 11.5. The summed E-state index contributed by atoms with van der Waals surface area (Å²) in [7, 11) is 0. The minimum absolute atomic E-state index is 0.0788. The van der Waals surface area contributed by atoms with E-state index in [0.29, 0.717) is 6.54 Å². The summed E-state index contributed by atoms with van der Waals surface area (Å²) in [5, 5.41) is 2.80. The topological polar surface area (TPSA) is 49.4 Å². The Morgan fingerprint density at radius 2 is 1.95 bits per heavy atom. The van der Waals surface area contributed by atoms with Crippen molar-refractivity contribution in [1.29, 1.82) is 0 Å². The second-order valence-corrected chi connectivity index (χ2v) is 6.99. The van der Waals surface area contributed by atoms with E-state index < -0.39 is 11.6 Å². The summed E-state index contributed by atoms with van der Waals surface area (Å²) in [5.41, 5.74) is 1.11. The molecule has 1 heterocycles. The molecule has 0 aromatic heterocycles. The highest BCUT2D eigenvalue weighted by atomic mass is 35.5. The van der Waals surface area contributed by atoms with Crippen LogP contribution in [0.5, 0.6) is 0 Å². The molecular weight excluding hydrogens is 264 g/mol. The molecule has 1 atom stereocenters. The second-order valence-electron chi connectivity index (χ2n) is 6.77. The van der Waals surface area contributed by atoms with Crippen LogP contribution in [0, 0.1) is 5.41 Å². The van der Waals surface area contributed by atoms with E-state index in [-0.39, 0.29) is 17.2 Å². The summed E-state index contributed by atoms with van der Waals surface area (Å²) >= 11 is 5.69. The van der Waals surface area contributed by atoms with E-state index in [1.165, 1.54) is 5.54 Å². The van der Waals surface area contributed by atoms with Crippen LogP contribution in [-0.4, -0.2) is 34.8 Å². The molecule has 0 spiro atoms. The van der Waals surface area contributed by atoms with Crippen LogP contribution in [-0.2, 0) is 9.59 Å². The molecule has 1 saturated heterocycles. The highest BCUT2D eigenvalue weighted by Crippen LogP contribution is 2.30. The first-order chi connectivity index (χ1) is 8.50. The molecule has 0 aromatic carbocycles. The fraction of sp³-hybridized carbons (Fsp3) is 0.714. The maximum Gasteiger partial charge on any atom is 0.248 e. The first-order valence-corrected chi connectivity index (χ1v) is 6.83. The monoisotopic (exact) mass is 286 g/mol. The Balaban J connectivity index is 3.20. The molecule has 1 aliphatic rings. The van der Waals surface area contributed by atoms with Gasteiger partial charge < -0.3 is 10.2 Å². The first-order valence-electron chi connectivity index (χ1n) is 6.39. The second kappa shape index (κ2) is 5.16. The van der Waals surface area contributed by atoms with E-state index in [1.807, 2.05) is 27.7 Å². The molecule has 1 unspecified atom stereocenters. The number of amides is 2. The van der Waals surface area contributed by atoms with Crippen molar-refractivity contribution in [3.05, 3.63) is 11.1 Å². The van der Waals surface area contributed by atoms with Gasteiger partial charge in [0.05, 0.1) is 0 Å². The Hall–Kier alpha value is -1.03. The summed E-state index contributed by atoms with van der Waals surface area (Å²) in [6.07, 6.45) is 0. The largest absolute Gasteiger partial charge is 0.340 e. The van der Waals surface area contributed by atoms with Crippen molar-refractivity contribution in [3.63, 3.8) is 0 Å². The Labute approximate surface area is 120 Å². The van der Waals surface area contributed by atoms with Crippen LogP contribution in [0.2, 0.25) is 0 Å². The minimum Gasteiger partial charge on any atom is -0.340 e. The highest BCUT2D eigenvalue weighted by molar-refractivity contribution is 6.25. The Morgan fingerprint density at radius 1 is 1.42 bits per heavy atom. The molecule has 1 fully saturated rings. The zero-order valence-corrected chi connectivity index (χ0v) is 13.3. The quantitative estimate of drug-likeness (QED) is 0.847. The number of hydrogen-bond acceptors (Lipinski definition) is 2. The van der Waals surface area contributed by atoms with E-state index in [0.717, 1.165) is 5.57 Å². The first kappa shape index (κ1) is 16.0. The number of carbonyl (C=O) groups excluding carboxylic acids is 2. The van der Waals surface area contributed by atoms with Crippen molar-refractivity contribution in [2.24, 2.45) is 5.41 Å². The van der Waals surface area contributed by atoms with Crippen LogP contribution in [0.1, 0.15) is 41.5 Å². The van der Waals surface area contributed by atoms with Gasteiger partial charge in [-0.1, -0.05) is 32.4 Å². The zero-order chi connectivity index (χ0) is 15.0. The fourth-order valence-corrected chi connectivity index (χ4v) is 2.44. The Bertz CT molecular complexity index is 422. The zero-order valence-electron chi connectivity index (χ0n) is 12.5. The third-order valence-electron chi connectivity index (χ3n) is 3.22. The average molecular weight is 287 g/mol. The summed E-state index contributed by atoms with van der Waals surface area (Å²) in [4.78, 5) is 26.5. The van der Waals surface area contributed by atoms with E-state index >= 15 is 0 Å². The van der Waals surface area contributed by atoms with Gasteiger partial charge in [0.15, 0.2) is 0 Å². The van der Waals surface area contributed by atoms with Crippen LogP contribution in [0.3, 0.4) is 0 Å². The van der Waals surface area contributed by atoms with E-state index in [1.54, 1.807) is 18.7 Å². The number of piperazine rings is 1. The molecule has 0 bridgehead atoms. The van der Waals surface area contributed by atoms with Gasteiger partial charge in [-0.2, -0.15) is 0 Å². The number of carbonyl (C=O) groups is 2. The van der Waals surface area contributed by atoms with Gasteiger partial charge in [-0.3, -0.25) is 9.59 Å². The highest BCUT2D eigenvalue weighted by Gasteiger charge is 2.49. The van der Waals surface area contributed by atoms with E-state index in [2.05, 4.69) is 5.32 Å². The maximum atomic E-state index is 12.5. The minimum atomic E-state index is -0.870. The molecular formula is C14H23ClN2O2. The summed E-state index contributed by atoms with van der Waals surface area (Å²) < 4.78 is 0. The van der Waals surface area contributed by atoms with Gasteiger partial charge in [0.2, 0.25) is 11.8 Å². The summed E-state index contributed by atoms with van der Waals surface area (Å²) in [6, 6.07) is -0.486. The maximum absolute atomic E-state index is 12.5. The van der Waals surface area contributed by atoms with Crippen molar-refractivity contribution in [2.45, 2.75) is 53.1 Å². The van der Waals surface area contributed by atoms with Crippen LogP contribution in [0.15, 0.2) is 11.1 Å². The molecule has 1 aliphatic heterocycles.